The van der Waals surface area contributed by atoms with Crippen molar-refractivity contribution in [3.8, 4) is 0 Å². The maximum atomic E-state index is 12.5. The molecule has 8 nitrogen and oxygen atoms in total. The van der Waals surface area contributed by atoms with Crippen molar-refractivity contribution in [1.82, 2.24) is 9.97 Å². The molecule has 0 atom stereocenters. The lowest BCUT2D eigenvalue weighted by Crippen LogP contribution is -2.40. The second kappa shape index (κ2) is 8.44. The Bertz CT molecular complexity index is 584. The first-order valence-corrected chi connectivity index (χ1v) is 8.84. The van der Waals surface area contributed by atoms with E-state index >= 15 is 0 Å². The number of nitrogens with zero attached hydrogens (tertiary/aromatic N) is 4. The Morgan fingerprint density at radius 2 is 1.72 bits per heavy atom. The fraction of sp³-hybridized carbons (Fsp3) is 0.706. The van der Waals surface area contributed by atoms with E-state index in [1.807, 2.05) is 13.8 Å². The van der Waals surface area contributed by atoms with Crippen molar-refractivity contribution in [2.75, 3.05) is 69.0 Å². The van der Waals surface area contributed by atoms with Gasteiger partial charge in [-0.15, -0.1) is 0 Å². The van der Waals surface area contributed by atoms with Gasteiger partial charge in [-0.25, -0.2) is 9.78 Å². The lowest BCUT2D eigenvalue weighted by atomic mass is 10.2. The highest BCUT2D eigenvalue weighted by atomic mass is 16.5. The highest BCUT2D eigenvalue weighted by Gasteiger charge is 2.25. The summed E-state index contributed by atoms with van der Waals surface area (Å²) in [6, 6.07) is 0. The van der Waals surface area contributed by atoms with Crippen molar-refractivity contribution in [1.29, 1.82) is 0 Å². The third kappa shape index (κ3) is 4.58. The average molecular weight is 350 g/mol. The van der Waals surface area contributed by atoms with Crippen LogP contribution in [0, 0.1) is 5.92 Å². The van der Waals surface area contributed by atoms with Gasteiger partial charge in [0.2, 0.25) is 5.95 Å². The van der Waals surface area contributed by atoms with E-state index in [1.54, 1.807) is 6.20 Å². The number of rotatable bonds is 5. The molecule has 2 saturated heterocycles. The van der Waals surface area contributed by atoms with Gasteiger partial charge in [0, 0.05) is 32.4 Å². The van der Waals surface area contributed by atoms with Crippen LogP contribution in [0.25, 0.3) is 0 Å². The van der Waals surface area contributed by atoms with Gasteiger partial charge >= 0.3 is 5.97 Å². The number of esters is 1. The summed E-state index contributed by atoms with van der Waals surface area (Å²) in [6.45, 7) is 9.86. The lowest BCUT2D eigenvalue weighted by molar-refractivity contribution is 0.0458. The number of carbonyl (C=O) groups excluding carboxylic acids is 1. The third-order valence-electron chi connectivity index (χ3n) is 4.13. The third-order valence-corrected chi connectivity index (χ3v) is 4.13. The van der Waals surface area contributed by atoms with E-state index in [1.165, 1.54) is 0 Å². The summed E-state index contributed by atoms with van der Waals surface area (Å²) < 4.78 is 16.2. The van der Waals surface area contributed by atoms with E-state index in [4.69, 9.17) is 19.2 Å². The molecular weight excluding hydrogens is 324 g/mol. The second-order valence-electron chi connectivity index (χ2n) is 6.60. The second-order valence-corrected chi connectivity index (χ2v) is 6.60. The van der Waals surface area contributed by atoms with Crippen molar-refractivity contribution in [3.63, 3.8) is 0 Å². The molecule has 2 aliphatic rings. The topological polar surface area (TPSA) is 77.0 Å². The van der Waals surface area contributed by atoms with Gasteiger partial charge in [0.1, 0.15) is 11.4 Å². The SMILES string of the molecule is CC(C)COC(=O)c1cnc(N2CCOCC2)nc1N1CCOCC1. The molecule has 0 aliphatic carbocycles. The zero-order valence-corrected chi connectivity index (χ0v) is 14.9. The summed E-state index contributed by atoms with van der Waals surface area (Å²) in [5.41, 5.74) is 0.416. The molecule has 3 heterocycles. The maximum Gasteiger partial charge on any atom is 0.343 e. The number of hydrogen-bond acceptors (Lipinski definition) is 8. The van der Waals surface area contributed by atoms with E-state index in [0.29, 0.717) is 63.5 Å². The van der Waals surface area contributed by atoms with Gasteiger partial charge < -0.3 is 24.0 Å². The Labute approximate surface area is 148 Å². The number of morpholine rings is 2. The smallest absolute Gasteiger partial charge is 0.343 e. The first-order chi connectivity index (χ1) is 12.1. The largest absolute Gasteiger partial charge is 0.462 e. The zero-order valence-electron chi connectivity index (χ0n) is 14.9. The van der Waals surface area contributed by atoms with Crippen LogP contribution in [0.4, 0.5) is 11.8 Å². The van der Waals surface area contributed by atoms with Gasteiger partial charge in [0.25, 0.3) is 0 Å². The van der Waals surface area contributed by atoms with Crippen LogP contribution in [0.2, 0.25) is 0 Å². The predicted molar refractivity (Wildman–Crippen MR) is 93.2 cm³/mol. The first-order valence-electron chi connectivity index (χ1n) is 8.84. The Balaban J connectivity index is 1.85. The van der Waals surface area contributed by atoms with Gasteiger partial charge in [-0.2, -0.15) is 4.98 Å². The quantitative estimate of drug-likeness (QED) is 0.727. The number of carbonyl (C=O) groups is 1. The molecular formula is C17H26N4O4. The van der Waals surface area contributed by atoms with Gasteiger partial charge in [0.05, 0.1) is 33.0 Å². The number of hydrogen-bond donors (Lipinski definition) is 0. The van der Waals surface area contributed by atoms with Crippen molar-refractivity contribution < 1.29 is 19.0 Å². The number of aromatic nitrogens is 2. The van der Waals surface area contributed by atoms with Crippen LogP contribution in [-0.4, -0.2) is 75.2 Å². The molecule has 2 fully saturated rings. The van der Waals surface area contributed by atoms with Crippen LogP contribution >= 0.6 is 0 Å². The van der Waals surface area contributed by atoms with Crippen LogP contribution in [0.3, 0.4) is 0 Å². The van der Waals surface area contributed by atoms with Crippen molar-refractivity contribution in [2.45, 2.75) is 13.8 Å². The summed E-state index contributed by atoms with van der Waals surface area (Å²) in [5.74, 6) is 1.17. The molecule has 0 bridgehead atoms. The zero-order chi connectivity index (χ0) is 17.6. The number of ether oxygens (including phenoxy) is 3. The van der Waals surface area contributed by atoms with E-state index in [-0.39, 0.29) is 11.9 Å². The summed E-state index contributed by atoms with van der Waals surface area (Å²) >= 11 is 0. The van der Waals surface area contributed by atoms with E-state index in [0.717, 1.165) is 13.1 Å². The highest BCUT2D eigenvalue weighted by molar-refractivity contribution is 5.94. The Hall–Kier alpha value is -1.93. The maximum absolute atomic E-state index is 12.5. The van der Waals surface area contributed by atoms with Crippen molar-refractivity contribution >= 4 is 17.7 Å². The van der Waals surface area contributed by atoms with E-state index in [2.05, 4.69) is 14.8 Å². The van der Waals surface area contributed by atoms with Crippen LogP contribution in [0.1, 0.15) is 24.2 Å². The van der Waals surface area contributed by atoms with Crippen molar-refractivity contribution in [3.05, 3.63) is 11.8 Å². The van der Waals surface area contributed by atoms with E-state index < -0.39 is 0 Å². The molecule has 138 valence electrons. The molecule has 0 spiro atoms. The van der Waals surface area contributed by atoms with E-state index in [9.17, 15) is 4.79 Å². The van der Waals surface area contributed by atoms with Gasteiger partial charge in [0.15, 0.2) is 0 Å². The molecule has 0 unspecified atom stereocenters. The van der Waals surface area contributed by atoms with Crippen LogP contribution < -0.4 is 9.80 Å². The van der Waals surface area contributed by atoms with Crippen LogP contribution in [0.15, 0.2) is 6.20 Å². The Morgan fingerprint density at radius 3 is 2.32 bits per heavy atom. The minimum absolute atomic E-state index is 0.282. The minimum Gasteiger partial charge on any atom is -0.462 e. The first kappa shape index (κ1) is 17.9. The fourth-order valence-electron chi connectivity index (χ4n) is 2.76. The summed E-state index contributed by atoms with van der Waals surface area (Å²) in [4.78, 5) is 25.8. The summed E-state index contributed by atoms with van der Waals surface area (Å²) in [6.07, 6.45) is 1.59. The predicted octanol–water partition coefficient (Wildman–Crippen LogP) is 0.963. The summed E-state index contributed by atoms with van der Waals surface area (Å²) in [7, 11) is 0. The molecule has 0 N–H and O–H groups in total. The van der Waals surface area contributed by atoms with Crippen LogP contribution in [-0.2, 0) is 14.2 Å². The van der Waals surface area contributed by atoms with Gasteiger partial charge in [-0.1, -0.05) is 13.8 Å². The molecule has 2 aliphatic heterocycles. The monoisotopic (exact) mass is 350 g/mol. The minimum atomic E-state index is -0.372. The molecule has 25 heavy (non-hydrogen) atoms. The Morgan fingerprint density at radius 1 is 1.12 bits per heavy atom. The molecule has 0 aromatic carbocycles. The average Bonchev–Trinajstić information content (AvgIpc) is 2.67. The molecule has 1 aromatic heterocycles. The van der Waals surface area contributed by atoms with Crippen molar-refractivity contribution in [2.24, 2.45) is 5.92 Å². The standard InChI is InChI=1S/C17H26N4O4/c1-13(2)12-25-16(22)14-11-18-17(21-5-9-24-10-6-21)19-15(14)20-3-7-23-8-4-20/h11,13H,3-10,12H2,1-2H3. The van der Waals surface area contributed by atoms with Crippen LogP contribution in [0.5, 0.6) is 0 Å². The lowest BCUT2D eigenvalue weighted by Gasteiger charge is -2.31. The molecule has 3 rings (SSSR count). The molecule has 1 aromatic rings. The van der Waals surface area contributed by atoms with Gasteiger partial charge in [-0.05, 0) is 5.92 Å². The molecule has 8 heteroatoms. The highest BCUT2D eigenvalue weighted by Crippen LogP contribution is 2.23. The summed E-state index contributed by atoms with van der Waals surface area (Å²) in [5, 5.41) is 0. The fourth-order valence-corrected chi connectivity index (χ4v) is 2.76. The van der Waals surface area contributed by atoms with Gasteiger partial charge in [-0.3, -0.25) is 0 Å². The number of anilines is 2. The molecule has 0 saturated carbocycles. The molecule has 0 amide bonds. The normalized spacial score (nSPS) is 18.5. The Kier molecular flexibility index (Phi) is 6.04. The molecule has 0 radical (unpaired) electrons.